The van der Waals surface area contributed by atoms with Crippen molar-refractivity contribution in [2.75, 3.05) is 26.2 Å². The van der Waals surface area contributed by atoms with Crippen molar-refractivity contribution in [3.8, 4) is 0 Å². The van der Waals surface area contributed by atoms with Crippen LogP contribution in [0.15, 0.2) is 23.5 Å². The van der Waals surface area contributed by atoms with E-state index in [0.29, 0.717) is 0 Å². The van der Waals surface area contributed by atoms with E-state index in [1.54, 1.807) is 0 Å². The first-order valence-corrected chi connectivity index (χ1v) is 6.36. The number of hydrogen-bond acceptors (Lipinski definition) is 3. The van der Waals surface area contributed by atoms with Crippen molar-refractivity contribution in [1.29, 1.82) is 0 Å². The molecule has 0 saturated carbocycles. The van der Waals surface area contributed by atoms with Crippen LogP contribution in [0.1, 0.15) is 33.1 Å². The topological polar surface area (TPSA) is 41.3 Å². The van der Waals surface area contributed by atoms with Gasteiger partial charge in [-0.3, -0.25) is 0 Å². The van der Waals surface area contributed by atoms with Gasteiger partial charge in [0.15, 0.2) is 0 Å². The van der Waals surface area contributed by atoms with Gasteiger partial charge in [-0.15, -0.1) is 0 Å². The normalized spacial score (nSPS) is 19.0. The molecule has 0 radical (unpaired) electrons. The van der Waals surface area contributed by atoms with Crippen molar-refractivity contribution in [3.63, 3.8) is 0 Å². The van der Waals surface area contributed by atoms with Crippen molar-refractivity contribution >= 4 is 0 Å². The molecule has 0 aromatic carbocycles. The molecule has 3 nitrogen and oxygen atoms in total. The van der Waals surface area contributed by atoms with Crippen LogP contribution < -0.4 is 11.1 Å². The molecule has 0 amide bonds. The van der Waals surface area contributed by atoms with Gasteiger partial charge in [-0.25, -0.2) is 0 Å². The van der Waals surface area contributed by atoms with Crippen LogP contribution in [-0.4, -0.2) is 31.1 Å². The highest BCUT2D eigenvalue weighted by Gasteiger charge is 2.10. The molecule has 0 spiro atoms. The first kappa shape index (κ1) is 13.1. The maximum atomic E-state index is 6.12. The van der Waals surface area contributed by atoms with Crippen molar-refractivity contribution in [3.05, 3.63) is 23.5 Å². The third kappa shape index (κ3) is 4.27. The van der Waals surface area contributed by atoms with Crippen LogP contribution in [0.4, 0.5) is 0 Å². The molecule has 1 saturated heterocycles. The van der Waals surface area contributed by atoms with Gasteiger partial charge in [-0.2, -0.15) is 0 Å². The Morgan fingerprint density at radius 1 is 1.31 bits per heavy atom. The highest BCUT2D eigenvalue weighted by atomic mass is 15.2. The molecule has 0 aliphatic carbocycles. The second kappa shape index (κ2) is 7.34. The standard InChI is InChI=1S/C13H25N3/c1-3-12(11-15-4-2)10-13(14)16-8-6-5-7-9-16/h3,10,15H,4-9,11,14H2,1-2H3/b12-3+,13-10+. The number of nitrogens with zero attached hydrogens (tertiary/aromatic N) is 1. The minimum absolute atomic E-state index is 0.904. The lowest BCUT2D eigenvalue weighted by atomic mass is 10.1. The molecule has 3 N–H and O–H groups in total. The van der Waals surface area contributed by atoms with Gasteiger partial charge in [-0.05, 0) is 44.4 Å². The number of nitrogens with one attached hydrogen (secondary N) is 1. The van der Waals surface area contributed by atoms with Crippen molar-refractivity contribution in [2.24, 2.45) is 5.73 Å². The fourth-order valence-electron chi connectivity index (χ4n) is 1.94. The van der Waals surface area contributed by atoms with E-state index in [1.165, 1.54) is 24.8 Å². The van der Waals surface area contributed by atoms with Gasteiger partial charge in [0, 0.05) is 19.6 Å². The van der Waals surface area contributed by atoms with Crippen LogP contribution in [0.2, 0.25) is 0 Å². The second-order valence-electron chi connectivity index (χ2n) is 4.26. The molecule has 1 aliphatic rings. The van der Waals surface area contributed by atoms with E-state index >= 15 is 0 Å². The highest BCUT2D eigenvalue weighted by molar-refractivity contribution is 5.22. The summed E-state index contributed by atoms with van der Waals surface area (Å²) in [5.41, 5.74) is 7.38. The van der Waals surface area contributed by atoms with E-state index < -0.39 is 0 Å². The summed E-state index contributed by atoms with van der Waals surface area (Å²) >= 11 is 0. The predicted octanol–water partition coefficient (Wildman–Crippen LogP) is 1.83. The number of rotatable bonds is 5. The van der Waals surface area contributed by atoms with Gasteiger partial charge >= 0.3 is 0 Å². The summed E-state index contributed by atoms with van der Waals surface area (Å²) in [6.45, 7) is 8.30. The first-order chi connectivity index (χ1) is 7.77. The third-order valence-corrected chi connectivity index (χ3v) is 3.00. The van der Waals surface area contributed by atoms with Crippen LogP contribution in [0.3, 0.4) is 0 Å². The Morgan fingerprint density at radius 2 is 2.00 bits per heavy atom. The zero-order valence-electron chi connectivity index (χ0n) is 10.6. The zero-order valence-corrected chi connectivity index (χ0v) is 10.6. The van der Waals surface area contributed by atoms with Gasteiger partial charge in [0.1, 0.15) is 0 Å². The van der Waals surface area contributed by atoms with Crippen LogP contribution >= 0.6 is 0 Å². The van der Waals surface area contributed by atoms with Gasteiger partial charge < -0.3 is 16.0 Å². The summed E-state index contributed by atoms with van der Waals surface area (Å²) in [5.74, 6) is 0.922. The predicted molar refractivity (Wildman–Crippen MR) is 70.0 cm³/mol. The molecule has 1 aliphatic heterocycles. The van der Waals surface area contributed by atoms with E-state index in [0.717, 1.165) is 32.0 Å². The molecule has 1 fully saturated rings. The molecular weight excluding hydrogens is 198 g/mol. The number of hydrogen-bond donors (Lipinski definition) is 2. The Morgan fingerprint density at radius 3 is 2.56 bits per heavy atom. The summed E-state index contributed by atoms with van der Waals surface area (Å²) < 4.78 is 0. The van der Waals surface area contributed by atoms with Crippen molar-refractivity contribution < 1.29 is 0 Å². The molecule has 0 atom stereocenters. The number of allylic oxidation sites excluding steroid dienone is 1. The Kier molecular flexibility index (Phi) is 6.01. The van der Waals surface area contributed by atoms with Crippen LogP contribution in [0, 0.1) is 0 Å². The fourth-order valence-corrected chi connectivity index (χ4v) is 1.94. The van der Waals surface area contributed by atoms with E-state index in [2.05, 4.69) is 36.2 Å². The number of piperidine rings is 1. The average Bonchev–Trinajstić information content (AvgIpc) is 2.35. The summed E-state index contributed by atoms with van der Waals surface area (Å²) in [5, 5.41) is 3.32. The molecule has 16 heavy (non-hydrogen) atoms. The number of likely N-dealkylation sites (N-methyl/N-ethyl adjacent to an activating group) is 1. The number of nitrogens with two attached hydrogens (primary N) is 1. The van der Waals surface area contributed by atoms with Gasteiger partial charge in [0.05, 0.1) is 5.82 Å². The van der Waals surface area contributed by atoms with Crippen LogP contribution in [0.25, 0.3) is 0 Å². The van der Waals surface area contributed by atoms with Crippen molar-refractivity contribution in [2.45, 2.75) is 33.1 Å². The molecule has 1 rings (SSSR count). The Hall–Kier alpha value is -0.960. The Bertz CT molecular complexity index is 250. The smallest absolute Gasteiger partial charge is 0.0989 e. The average molecular weight is 223 g/mol. The Balaban J connectivity index is 2.51. The summed E-state index contributed by atoms with van der Waals surface area (Å²) in [7, 11) is 0. The molecule has 0 aromatic rings. The minimum Gasteiger partial charge on any atom is -0.385 e. The van der Waals surface area contributed by atoms with E-state index in [9.17, 15) is 0 Å². The third-order valence-electron chi connectivity index (χ3n) is 3.00. The molecule has 0 bridgehead atoms. The van der Waals surface area contributed by atoms with Gasteiger partial charge in [0.2, 0.25) is 0 Å². The lowest BCUT2D eigenvalue weighted by molar-refractivity contribution is 0.282. The first-order valence-electron chi connectivity index (χ1n) is 6.36. The van der Waals surface area contributed by atoms with Crippen LogP contribution in [-0.2, 0) is 0 Å². The molecule has 0 unspecified atom stereocenters. The SMILES string of the molecule is C/C=C(\C=C(/N)N1CCCCC1)CNCC. The van der Waals surface area contributed by atoms with Crippen molar-refractivity contribution in [1.82, 2.24) is 10.2 Å². The van der Waals surface area contributed by atoms with E-state index in [1.807, 2.05) is 0 Å². The zero-order chi connectivity index (χ0) is 11.8. The molecular formula is C13H25N3. The van der Waals surface area contributed by atoms with Crippen LogP contribution in [0.5, 0.6) is 0 Å². The highest BCUT2D eigenvalue weighted by Crippen LogP contribution is 2.12. The fraction of sp³-hybridized carbons (Fsp3) is 0.692. The Labute approximate surface area is 99.4 Å². The second-order valence-corrected chi connectivity index (χ2v) is 4.26. The summed E-state index contributed by atoms with van der Waals surface area (Å²) in [4.78, 5) is 2.29. The lowest BCUT2D eigenvalue weighted by Crippen LogP contribution is -2.33. The largest absolute Gasteiger partial charge is 0.385 e. The minimum atomic E-state index is 0.904. The van der Waals surface area contributed by atoms with E-state index in [4.69, 9.17) is 5.73 Å². The molecule has 1 heterocycles. The molecule has 92 valence electrons. The van der Waals surface area contributed by atoms with E-state index in [-0.39, 0.29) is 0 Å². The molecule has 0 aromatic heterocycles. The summed E-state index contributed by atoms with van der Waals surface area (Å²) in [6, 6.07) is 0. The lowest BCUT2D eigenvalue weighted by Gasteiger charge is -2.29. The monoisotopic (exact) mass is 223 g/mol. The summed E-state index contributed by atoms with van der Waals surface area (Å²) in [6.07, 6.45) is 8.12. The molecule has 3 heteroatoms. The maximum absolute atomic E-state index is 6.12. The van der Waals surface area contributed by atoms with Gasteiger partial charge in [0.25, 0.3) is 0 Å². The quantitative estimate of drug-likeness (QED) is 0.699. The number of likely N-dealkylation sites (tertiary alicyclic amines) is 1. The maximum Gasteiger partial charge on any atom is 0.0989 e. The van der Waals surface area contributed by atoms with Gasteiger partial charge in [-0.1, -0.05) is 13.0 Å².